The van der Waals surface area contributed by atoms with Gasteiger partial charge in [0.25, 0.3) is 0 Å². The fourth-order valence-electron chi connectivity index (χ4n) is 2.82. The average Bonchev–Trinajstić information content (AvgIpc) is 2.46. The quantitative estimate of drug-likeness (QED) is 0.230. The van der Waals surface area contributed by atoms with Gasteiger partial charge in [-0.25, -0.2) is 0 Å². The van der Waals surface area contributed by atoms with E-state index in [4.69, 9.17) is 5.11 Å². The van der Waals surface area contributed by atoms with Crippen molar-refractivity contribution in [3.63, 3.8) is 0 Å². The first-order chi connectivity index (χ1) is 10.3. The van der Waals surface area contributed by atoms with Crippen LogP contribution in [0.4, 0.5) is 0 Å². The number of carboxylic acid groups (broad SMARTS) is 1. The molecule has 0 amide bonds. The van der Waals surface area contributed by atoms with Gasteiger partial charge in [-0.15, -0.1) is 0 Å². The minimum absolute atomic E-state index is 0. The molecule has 0 aromatic carbocycles. The molecule has 0 aliphatic carbocycles. The summed E-state index contributed by atoms with van der Waals surface area (Å²) in [5.74, 6) is -0.652. The van der Waals surface area contributed by atoms with E-state index in [1.54, 1.807) is 0 Å². The molecule has 2 nitrogen and oxygen atoms in total. The number of carboxylic acids is 1. The van der Waals surface area contributed by atoms with Crippen LogP contribution in [0.15, 0.2) is 0 Å². The largest absolute Gasteiger partial charge is 0.481 e. The molecular weight excluding hydrogens is 324 g/mol. The third-order valence-electron chi connectivity index (χ3n) is 4.24. The van der Waals surface area contributed by atoms with E-state index in [-0.39, 0.29) is 17.1 Å². The summed E-state index contributed by atoms with van der Waals surface area (Å²) in [5, 5.41) is 8.53. The van der Waals surface area contributed by atoms with E-state index in [0.717, 1.165) is 12.8 Å². The Kier molecular flexibility index (Phi) is 23.1. The SMILES string of the molecule is CCCCCCCCCCCCCCCCCCC(=O)O.[Cu]. The van der Waals surface area contributed by atoms with Crippen molar-refractivity contribution in [2.24, 2.45) is 0 Å². The van der Waals surface area contributed by atoms with Gasteiger partial charge < -0.3 is 5.11 Å². The minimum Gasteiger partial charge on any atom is -0.481 e. The summed E-state index contributed by atoms with van der Waals surface area (Å²) in [5.41, 5.74) is 0. The van der Waals surface area contributed by atoms with Gasteiger partial charge in [-0.2, -0.15) is 0 Å². The van der Waals surface area contributed by atoms with Gasteiger partial charge in [0.15, 0.2) is 0 Å². The van der Waals surface area contributed by atoms with E-state index >= 15 is 0 Å². The smallest absolute Gasteiger partial charge is 0.303 e. The van der Waals surface area contributed by atoms with Crippen molar-refractivity contribution in [1.29, 1.82) is 0 Å². The molecule has 0 bridgehead atoms. The van der Waals surface area contributed by atoms with Crippen LogP contribution in [0.2, 0.25) is 0 Å². The molecule has 0 aromatic rings. The Morgan fingerprint density at radius 3 is 1.14 bits per heavy atom. The van der Waals surface area contributed by atoms with Gasteiger partial charge in [0.1, 0.15) is 0 Å². The van der Waals surface area contributed by atoms with Crippen LogP contribution in [0.25, 0.3) is 0 Å². The summed E-state index contributed by atoms with van der Waals surface area (Å²) >= 11 is 0. The number of aliphatic carboxylic acids is 1. The first-order valence-corrected chi connectivity index (χ1v) is 9.49. The number of carbonyl (C=O) groups is 1. The predicted molar refractivity (Wildman–Crippen MR) is 91.8 cm³/mol. The molecule has 0 atom stereocenters. The molecule has 0 saturated heterocycles. The zero-order valence-corrected chi connectivity index (χ0v) is 15.6. The molecule has 0 aliphatic rings. The van der Waals surface area contributed by atoms with Gasteiger partial charge in [0.05, 0.1) is 0 Å². The number of rotatable bonds is 17. The maximum Gasteiger partial charge on any atom is 0.303 e. The van der Waals surface area contributed by atoms with Crippen molar-refractivity contribution in [3.8, 4) is 0 Å². The van der Waals surface area contributed by atoms with Crippen LogP contribution in [-0.2, 0) is 21.9 Å². The van der Waals surface area contributed by atoms with Crippen LogP contribution in [0.1, 0.15) is 116 Å². The second-order valence-corrected chi connectivity index (χ2v) is 6.45. The molecule has 0 saturated carbocycles. The summed E-state index contributed by atoms with van der Waals surface area (Å²) in [6, 6.07) is 0. The molecule has 22 heavy (non-hydrogen) atoms. The molecule has 1 N–H and O–H groups in total. The fraction of sp³-hybridized carbons (Fsp3) is 0.947. The number of hydrogen-bond acceptors (Lipinski definition) is 1. The molecule has 0 spiro atoms. The summed E-state index contributed by atoms with van der Waals surface area (Å²) < 4.78 is 0. The molecule has 0 unspecified atom stereocenters. The standard InChI is InChI=1S/C19H38O2.Cu/c1-2-3-4-5-6-7-8-9-10-11-12-13-14-15-16-17-18-19(20)21;/h2-18H2,1H3,(H,20,21);. The number of hydrogen-bond donors (Lipinski definition) is 1. The molecule has 1 radical (unpaired) electrons. The molecule has 3 heteroatoms. The molecule has 0 fully saturated rings. The van der Waals surface area contributed by atoms with Crippen molar-refractivity contribution >= 4 is 5.97 Å². The summed E-state index contributed by atoms with van der Waals surface area (Å²) in [6.07, 6.45) is 21.7. The molecule has 0 heterocycles. The Labute approximate surface area is 149 Å². The topological polar surface area (TPSA) is 37.3 Å². The van der Waals surface area contributed by atoms with Crippen LogP contribution in [0.3, 0.4) is 0 Å². The Morgan fingerprint density at radius 1 is 0.591 bits per heavy atom. The van der Waals surface area contributed by atoms with Crippen LogP contribution in [-0.4, -0.2) is 11.1 Å². The van der Waals surface area contributed by atoms with E-state index in [9.17, 15) is 4.79 Å². The van der Waals surface area contributed by atoms with Crippen LogP contribution < -0.4 is 0 Å². The van der Waals surface area contributed by atoms with Gasteiger partial charge in [-0.05, 0) is 6.42 Å². The van der Waals surface area contributed by atoms with Crippen LogP contribution in [0, 0.1) is 0 Å². The Balaban J connectivity index is 0. The molecule has 137 valence electrons. The second kappa shape index (κ2) is 21.0. The van der Waals surface area contributed by atoms with Gasteiger partial charge in [-0.3, -0.25) is 4.79 Å². The number of unbranched alkanes of at least 4 members (excludes halogenated alkanes) is 15. The van der Waals surface area contributed by atoms with E-state index in [0.29, 0.717) is 6.42 Å². The summed E-state index contributed by atoms with van der Waals surface area (Å²) in [4.78, 5) is 10.3. The maximum atomic E-state index is 10.3. The molecule has 0 aromatic heterocycles. The Hall–Kier alpha value is -0.0105. The molecular formula is C19H38CuO2. The molecule has 0 rings (SSSR count). The van der Waals surface area contributed by atoms with Crippen molar-refractivity contribution < 1.29 is 27.0 Å². The zero-order valence-electron chi connectivity index (χ0n) is 14.7. The average molecular weight is 362 g/mol. The van der Waals surface area contributed by atoms with Gasteiger partial charge in [0.2, 0.25) is 0 Å². The normalized spacial score (nSPS) is 10.4. The van der Waals surface area contributed by atoms with E-state index in [1.807, 2.05) is 0 Å². The van der Waals surface area contributed by atoms with Crippen molar-refractivity contribution in [2.45, 2.75) is 116 Å². The van der Waals surface area contributed by atoms with E-state index in [2.05, 4.69) is 6.92 Å². The van der Waals surface area contributed by atoms with Crippen molar-refractivity contribution in [3.05, 3.63) is 0 Å². The second-order valence-electron chi connectivity index (χ2n) is 6.45. The molecule has 0 aliphatic heterocycles. The summed E-state index contributed by atoms with van der Waals surface area (Å²) in [6.45, 7) is 2.27. The monoisotopic (exact) mass is 361 g/mol. The fourth-order valence-corrected chi connectivity index (χ4v) is 2.82. The van der Waals surface area contributed by atoms with Crippen molar-refractivity contribution in [1.82, 2.24) is 0 Å². The van der Waals surface area contributed by atoms with Crippen LogP contribution in [0.5, 0.6) is 0 Å². The van der Waals surface area contributed by atoms with E-state index < -0.39 is 5.97 Å². The summed E-state index contributed by atoms with van der Waals surface area (Å²) in [7, 11) is 0. The third-order valence-corrected chi connectivity index (χ3v) is 4.24. The first kappa shape index (κ1) is 24.2. The first-order valence-electron chi connectivity index (χ1n) is 9.49. The minimum atomic E-state index is -0.652. The predicted octanol–water partition coefficient (Wildman–Crippen LogP) is 6.72. The Morgan fingerprint density at radius 2 is 0.864 bits per heavy atom. The van der Waals surface area contributed by atoms with Crippen molar-refractivity contribution in [2.75, 3.05) is 0 Å². The van der Waals surface area contributed by atoms with E-state index in [1.165, 1.54) is 89.9 Å². The van der Waals surface area contributed by atoms with Gasteiger partial charge in [0, 0.05) is 23.5 Å². The van der Waals surface area contributed by atoms with Gasteiger partial charge >= 0.3 is 5.97 Å². The zero-order chi connectivity index (χ0) is 15.6. The Bertz CT molecular complexity index is 219. The van der Waals surface area contributed by atoms with Crippen LogP contribution >= 0.6 is 0 Å². The maximum absolute atomic E-state index is 10.3. The third kappa shape index (κ3) is 22.3. The van der Waals surface area contributed by atoms with Gasteiger partial charge in [-0.1, -0.05) is 103 Å².